The van der Waals surface area contributed by atoms with Crippen molar-refractivity contribution in [3.8, 4) is 0 Å². The zero-order chi connectivity index (χ0) is 9.57. The molecular formula is C10H18ClNO. The average Bonchev–Trinajstić information content (AvgIpc) is 2.86. The Balaban J connectivity index is 2.02. The number of halogens is 1. The summed E-state index contributed by atoms with van der Waals surface area (Å²) in [5, 5.41) is 12.2. The van der Waals surface area contributed by atoms with Crippen LogP contribution in [-0.4, -0.2) is 30.7 Å². The van der Waals surface area contributed by atoms with E-state index in [0.29, 0.717) is 17.9 Å². The van der Waals surface area contributed by atoms with Gasteiger partial charge in [0.2, 0.25) is 0 Å². The first kappa shape index (κ1) is 11.0. The summed E-state index contributed by atoms with van der Waals surface area (Å²) >= 11 is 5.48. The van der Waals surface area contributed by atoms with Gasteiger partial charge in [0.05, 0.1) is 0 Å². The number of hydrogen-bond donors (Lipinski definition) is 2. The standard InChI is InChI=1S/C10H18ClNO/c11-6-1-2-7-12-9-10(3-4-10)5-8-13/h1-2,12-13H,3-9H2/b2-1+. The summed E-state index contributed by atoms with van der Waals surface area (Å²) in [5.41, 5.74) is 0.420. The van der Waals surface area contributed by atoms with Crippen LogP contribution in [0.25, 0.3) is 0 Å². The molecule has 76 valence electrons. The highest BCUT2D eigenvalue weighted by Crippen LogP contribution is 2.47. The van der Waals surface area contributed by atoms with Gasteiger partial charge in [-0.25, -0.2) is 0 Å². The van der Waals surface area contributed by atoms with Crippen LogP contribution in [0.3, 0.4) is 0 Å². The Labute approximate surface area is 85.0 Å². The molecule has 2 N–H and O–H groups in total. The maximum atomic E-state index is 8.82. The SMILES string of the molecule is OCCC1(CNC/C=C/CCl)CC1. The summed E-state index contributed by atoms with van der Waals surface area (Å²) in [4.78, 5) is 0. The van der Waals surface area contributed by atoms with Gasteiger partial charge in [-0.1, -0.05) is 12.2 Å². The molecule has 1 rings (SSSR count). The van der Waals surface area contributed by atoms with Crippen LogP contribution in [0, 0.1) is 5.41 Å². The van der Waals surface area contributed by atoms with Gasteiger partial charge in [0.25, 0.3) is 0 Å². The lowest BCUT2D eigenvalue weighted by molar-refractivity contribution is 0.246. The van der Waals surface area contributed by atoms with Crippen LogP contribution in [0.5, 0.6) is 0 Å². The van der Waals surface area contributed by atoms with E-state index in [-0.39, 0.29) is 0 Å². The van der Waals surface area contributed by atoms with E-state index >= 15 is 0 Å². The first-order valence-corrected chi connectivity index (χ1v) is 5.39. The number of aliphatic hydroxyl groups excluding tert-OH is 1. The summed E-state index contributed by atoms with van der Waals surface area (Å²) in [6.45, 7) is 2.24. The minimum atomic E-state index is 0.319. The number of alkyl halides is 1. The van der Waals surface area contributed by atoms with Gasteiger partial charge < -0.3 is 10.4 Å². The molecular weight excluding hydrogens is 186 g/mol. The van der Waals surface area contributed by atoms with Gasteiger partial charge in [-0.3, -0.25) is 0 Å². The molecule has 0 spiro atoms. The minimum absolute atomic E-state index is 0.319. The Morgan fingerprint density at radius 3 is 2.69 bits per heavy atom. The Morgan fingerprint density at radius 1 is 1.38 bits per heavy atom. The maximum absolute atomic E-state index is 8.82. The fourth-order valence-corrected chi connectivity index (χ4v) is 1.62. The number of aliphatic hydroxyl groups is 1. The highest BCUT2D eigenvalue weighted by atomic mass is 35.5. The summed E-state index contributed by atoms with van der Waals surface area (Å²) in [5.74, 6) is 0.587. The predicted molar refractivity (Wildman–Crippen MR) is 56.1 cm³/mol. The molecule has 2 nitrogen and oxygen atoms in total. The van der Waals surface area contributed by atoms with E-state index < -0.39 is 0 Å². The second-order valence-corrected chi connectivity index (χ2v) is 4.04. The molecule has 0 aromatic rings. The van der Waals surface area contributed by atoms with E-state index in [9.17, 15) is 0 Å². The van der Waals surface area contributed by atoms with Gasteiger partial charge in [-0.2, -0.15) is 0 Å². The fourth-order valence-electron chi connectivity index (χ4n) is 1.50. The number of hydrogen-bond acceptors (Lipinski definition) is 2. The summed E-state index contributed by atoms with van der Waals surface area (Å²) < 4.78 is 0. The molecule has 1 aliphatic carbocycles. The smallest absolute Gasteiger partial charge is 0.0436 e. The summed E-state index contributed by atoms with van der Waals surface area (Å²) in [7, 11) is 0. The highest BCUT2D eigenvalue weighted by molar-refractivity contribution is 6.18. The fraction of sp³-hybridized carbons (Fsp3) is 0.800. The van der Waals surface area contributed by atoms with E-state index in [2.05, 4.69) is 5.32 Å². The van der Waals surface area contributed by atoms with Crippen molar-refractivity contribution in [3.63, 3.8) is 0 Å². The van der Waals surface area contributed by atoms with Gasteiger partial charge >= 0.3 is 0 Å². The third-order valence-corrected chi connectivity index (χ3v) is 2.80. The molecule has 0 heterocycles. The Hall–Kier alpha value is -0.0500. The number of rotatable bonds is 7. The number of allylic oxidation sites excluding steroid dienone is 1. The predicted octanol–water partition coefficient (Wildman–Crippen LogP) is 1.53. The summed E-state index contributed by atoms with van der Waals surface area (Å²) in [6.07, 6.45) is 7.46. The van der Waals surface area contributed by atoms with E-state index in [1.54, 1.807) is 0 Å². The van der Waals surface area contributed by atoms with Crippen molar-refractivity contribution in [3.05, 3.63) is 12.2 Å². The lowest BCUT2D eigenvalue weighted by atomic mass is 10.0. The average molecular weight is 204 g/mol. The van der Waals surface area contributed by atoms with Gasteiger partial charge in [0.15, 0.2) is 0 Å². The maximum Gasteiger partial charge on any atom is 0.0436 e. The van der Waals surface area contributed by atoms with Crippen LogP contribution in [0.4, 0.5) is 0 Å². The molecule has 0 saturated heterocycles. The van der Waals surface area contributed by atoms with Crippen molar-refractivity contribution in [2.24, 2.45) is 5.41 Å². The normalized spacial score (nSPS) is 19.5. The molecule has 1 aliphatic rings. The zero-order valence-corrected chi connectivity index (χ0v) is 8.69. The molecule has 13 heavy (non-hydrogen) atoms. The first-order valence-electron chi connectivity index (χ1n) is 4.85. The molecule has 0 aromatic carbocycles. The Kier molecular flexibility index (Phi) is 4.78. The highest BCUT2D eigenvalue weighted by Gasteiger charge is 2.40. The third-order valence-electron chi connectivity index (χ3n) is 2.62. The van der Waals surface area contributed by atoms with Crippen molar-refractivity contribution in [2.75, 3.05) is 25.6 Å². The van der Waals surface area contributed by atoms with E-state index in [4.69, 9.17) is 16.7 Å². The van der Waals surface area contributed by atoms with E-state index in [1.807, 2.05) is 12.2 Å². The van der Waals surface area contributed by atoms with Crippen molar-refractivity contribution in [1.82, 2.24) is 5.32 Å². The van der Waals surface area contributed by atoms with Crippen LogP contribution in [-0.2, 0) is 0 Å². The van der Waals surface area contributed by atoms with Gasteiger partial charge in [0, 0.05) is 25.6 Å². The number of nitrogens with one attached hydrogen (secondary N) is 1. The largest absolute Gasteiger partial charge is 0.396 e. The molecule has 0 radical (unpaired) electrons. The molecule has 0 unspecified atom stereocenters. The van der Waals surface area contributed by atoms with Gasteiger partial charge in [0.1, 0.15) is 0 Å². The van der Waals surface area contributed by atoms with Crippen molar-refractivity contribution in [1.29, 1.82) is 0 Å². The van der Waals surface area contributed by atoms with Crippen LogP contribution >= 0.6 is 11.6 Å². The van der Waals surface area contributed by atoms with Crippen molar-refractivity contribution >= 4 is 11.6 Å². The van der Waals surface area contributed by atoms with Crippen LogP contribution < -0.4 is 5.32 Å². The molecule has 0 atom stereocenters. The molecule has 0 aliphatic heterocycles. The first-order chi connectivity index (χ1) is 6.33. The second kappa shape index (κ2) is 5.63. The van der Waals surface area contributed by atoms with Crippen LogP contribution in [0.15, 0.2) is 12.2 Å². The molecule has 3 heteroatoms. The van der Waals surface area contributed by atoms with Crippen LogP contribution in [0.2, 0.25) is 0 Å². The molecule has 0 amide bonds. The van der Waals surface area contributed by atoms with Crippen molar-refractivity contribution in [2.45, 2.75) is 19.3 Å². The second-order valence-electron chi connectivity index (χ2n) is 3.73. The van der Waals surface area contributed by atoms with E-state index in [0.717, 1.165) is 19.5 Å². The minimum Gasteiger partial charge on any atom is -0.396 e. The van der Waals surface area contributed by atoms with E-state index in [1.165, 1.54) is 12.8 Å². The Morgan fingerprint density at radius 2 is 2.15 bits per heavy atom. The lowest BCUT2D eigenvalue weighted by Crippen LogP contribution is -2.24. The third kappa shape index (κ3) is 4.12. The molecule has 1 fully saturated rings. The van der Waals surface area contributed by atoms with Crippen LogP contribution in [0.1, 0.15) is 19.3 Å². The quantitative estimate of drug-likeness (QED) is 0.374. The molecule has 1 saturated carbocycles. The van der Waals surface area contributed by atoms with Gasteiger partial charge in [-0.05, 0) is 24.7 Å². The topological polar surface area (TPSA) is 32.3 Å². The monoisotopic (exact) mass is 203 g/mol. The lowest BCUT2D eigenvalue weighted by Gasteiger charge is -2.13. The Bertz CT molecular complexity index is 166. The molecule has 0 aromatic heterocycles. The summed E-state index contributed by atoms with van der Waals surface area (Å²) in [6, 6.07) is 0. The van der Waals surface area contributed by atoms with Crippen molar-refractivity contribution < 1.29 is 5.11 Å². The molecule has 0 bridgehead atoms. The van der Waals surface area contributed by atoms with Gasteiger partial charge in [-0.15, -0.1) is 11.6 Å². The zero-order valence-electron chi connectivity index (χ0n) is 7.93.